The van der Waals surface area contributed by atoms with Gasteiger partial charge in [0.2, 0.25) is 5.91 Å². The largest absolute Gasteiger partial charge is 0.417 e. The van der Waals surface area contributed by atoms with Crippen LogP contribution in [0.25, 0.3) is 28.0 Å². The molecule has 0 aliphatic carbocycles. The third-order valence-electron chi connectivity index (χ3n) is 7.95. The summed E-state index contributed by atoms with van der Waals surface area (Å²) in [5, 5.41) is -1.76. The Morgan fingerprint density at radius 3 is 2.49 bits per heavy atom. The van der Waals surface area contributed by atoms with E-state index in [1.54, 1.807) is 16.7 Å². The quantitative estimate of drug-likeness (QED) is 0.196. The van der Waals surface area contributed by atoms with Gasteiger partial charge in [-0.2, -0.15) is 18.2 Å². The number of rotatable bonds is 6. The molecule has 248 valence electrons. The van der Waals surface area contributed by atoms with Gasteiger partial charge in [-0.15, -0.1) is 0 Å². The molecule has 1 aromatic carbocycles. The van der Waals surface area contributed by atoms with Crippen molar-refractivity contribution in [1.29, 1.82) is 0 Å². The summed E-state index contributed by atoms with van der Waals surface area (Å²) in [5.74, 6) is -1.52. The van der Waals surface area contributed by atoms with Crippen molar-refractivity contribution in [1.82, 2.24) is 24.4 Å². The van der Waals surface area contributed by atoms with E-state index in [4.69, 9.17) is 11.6 Å². The number of aryl methyl sites for hydroxylation is 1. The number of sulfone groups is 1. The van der Waals surface area contributed by atoms with Crippen LogP contribution in [-0.2, 0) is 20.8 Å². The molecule has 16 heteroatoms. The van der Waals surface area contributed by atoms with Crippen LogP contribution in [0.2, 0.25) is 5.02 Å². The average Bonchev–Trinajstić information content (AvgIpc) is 3.00. The number of anilines is 1. The zero-order valence-electron chi connectivity index (χ0n) is 25.6. The van der Waals surface area contributed by atoms with Gasteiger partial charge in [0.25, 0.3) is 0 Å². The lowest BCUT2D eigenvalue weighted by Crippen LogP contribution is -2.54. The zero-order valence-corrected chi connectivity index (χ0v) is 27.2. The molecule has 0 bridgehead atoms. The lowest BCUT2D eigenvalue weighted by atomic mass is 10.0. The molecule has 1 aliphatic rings. The Kier molecular flexibility index (Phi) is 8.92. The monoisotopic (exact) mass is 692 g/mol. The molecule has 10 nitrogen and oxygen atoms in total. The lowest BCUT2D eigenvalue weighted by molar-refractivity contribution is -0.137. The summed E-state index contributed by atoms with van der Waals surface area (Å²) in [6, 6.07) is 4.65. The van der Waals surface area contributed by atoms with Crippen molar-refractivity contribution in [2.75, 3.05) is 24.5 Å². The van der Waals surface area contributed by atoms with Crippen molar-refractivity contribution in [2.24, 2.45) is 0 Å². The Bertz CT molecular complexity index is 2100. The number of hydrogen-bond acceptors (Lipinski definition) is 8. The molecule has 1 amide bonds. The van der Waals surface area contributed by atoms with E-state index in [-0.39, 0.29) is 58.7 Å². The van der Waals surface area contributed by atoms with E-state index in [9.17, 15) is 31.2 Å². The smallest absolute Gasteiger partial charge is 0.350 e. The maximum Gasteiger partial charge on any atom is 0.417 e. The van der Waals surface area contributed by atoms with Gasteiger partial charge in [-0.05, 0) is 63.6 Å². The van der Waals surface area contributed by atoms with Crippen LogP contribution in [0, 0.1) is 12.7 Å². The molecular formula is C31H29ClF4N6O4S. The molecule has 47 heavy (non-hydrogen) atoms. The maximum absolute atomic E-state index is 15.3. The van der Waals surface area contributed by atoms with E-state index in [0.717, 1.165) is 16.7 Å². The van der Waals surface area contributed by atoms with Gasteiger partial charge in [0.05, 0.1) is 32.6 Å². The number of pyridine rings is 2. The highest BCUT2D eigenvalue weighted by Crippen LogP contribution is 2.42. The molecule has 5 rings (SSSR count). The van der Waals surface area contributed by atoms with Crippen LogP contribution in [0.15, 0.2) is 59.0 Å². The van der Waals surface area contributed by atoms with E-state index < -0.39 is 60.7 Å². The van der Waals surface area contributed by atoms with Gasteiger partial charge >= 0.3 is 11.9 Å². The van der Waals surface area contributed by atoms with Crippen molar-refractivity contribution in [3.63, 3.8) is 0 Å². The first-order valence-electron chi connectivity index (χ1n) is 14.4. The van der Waals surface area contributed by atoms with Crippen LogP contribution in [-0.4, -0.2) is 69.7 Å². The molecule has 1 fully saturated rings. The van der Waals surface area contributed by atoms with Gasteiger partial charge in [-0.25, -0.2) is 32.1 Å². The Labute approximate surface area is 272 Å². The predicted molar refractivity (Wildman–Crippen MR) is 169 cm³/mol. The molecule has 0 saturated carbocycles. The number of fused-ring (bicyclic) bond motifs is 1. The highest BCUT2D eigenvalue weighted by atomic mass is 35.5. The molecule has 0 spiro atoms. The number of nitrogens with zero attached hydrogens (tertiary/aromatic N) is 6. The average molecular weight is 693 g/mol. The second-order valence-corrected chi connectivity index (χ2v) is 14.1. The van der Waals surface area contributed by atoms with Gasteiger partial charge in [0.15, 0.2) is 20.5 Å². The van der Waals surface area contributed by atoms with Crippen LogP contribution >= 0.6 is 11.6 Å². The van der Waals surface area contributed by atoms with Crippen LogP contribution in [0.5, 0.6) is 0 Å². The van der Waals surface area contributed by atoms with Crippen LogP contribution < -0.4 is 10.6 Å². The number of alkyl halides is 3. The maximum atomic E-state index is 15.3. The number of benzene rings is 1. The van der Waals surface area contributed by atoms with Crippen molar-refractivity contribution < 1.29 is 30.8 Å². The highest BCUT2D eigenvalue weighted by Gasteiger charge is 2.37. The molecule has 0 radical (unpaired) electrons. The van der Waals surface area contributed by atoms with Crippen LogP contribution in [0.3, 0.4) is 0 Å². The molecule has 1 atom stereocenters. The number of carbonyl (C=O) groups excluding carboxylic acids is 1. The standard InChI is InChI=1S/C31H29ClF4N6O4S/c1-6-23(43)40-12-13-41(18(5)15-40)27-19-14-21(32)25(24-20(31(34,35)36)8-7-9-22(24)33)38-28(19)42(30(44)39-27)26-17(4)10-11-37-29(26)47(45,46)16(2)3/h6-11,14,16,18H,1,12-13,15H2,2-5H3/t18-/m0/s1. The predicted octanol–water partition coefficient (Wildman–Crippen LogP) is 5.37. The number of carbonyl (C=O) groups is 1. The molecule has 3 aromatic heterocycles. The molecule has 0 unspecified atom stereocenters. The molecule has 1 saturated heterocycles. The Hall–Kier alpha value is -4.37. The minimum Gasteiger partial charge on any atom is -0.350 e. The van der Waals surface area contributed by atoms with Gasteiger partial charge in [0, 0.05) is 37.4 Å². The Morgan fingerprint density at radius 2 is 1.87 bits per heavy atom. The van der Waals surface area contributed by atoms with E-state index in [1.807, 2.05) is 0 Å². The van der Waals surface area contributed by atoms with Gasteiger partial charge in [-0.3, -0.25) is 4.79 Å². The summed E-state index contributed by atoms with van der Waals surface area (Å²) in [7, 11) is -4.14. The van der Waals surface area contributed by atoms with E-state index in [0.29, 0.717) is 6.07 Å². The first kappa shape index (κ1) is 34.0. The topological polar surface area (TPSA) is 118 Å². The Morgan fingerprint density at radius 1 is 1.17 bits per heavy atom. The van der Waals surface area contributed by atoms with Crippen molar-refractivity contribution >= 4 is 44.2 Å². The Balaban J connectivity index is 1.90. The van der Waals surface area contributed by atoms with Gasteiger partial charge < -0.3 is 9.80 Å². The fourth-order valence-electron chi connectivity index (χ4n) is 5.53. The van der Waals surface area contributed by atoms with E-state index >= 15 is 4.39 Å². The third kappa shape index (κ3) is 5.97. The molecule has 0 N–H and O–H groups in total. The summed E-state index contributed by atoms with van der Waals surface area (Å²) in [4.78, 5) is 42.4. The summed E-state index contributed by atoms with van der Waals surface area (Å²) < 4.78 is 85.4. The summed E-state index contributed by atoms with van der Waals surface area (Å²) >= 11 is 6.58. The van der Waals surface area contributed by atoms with Crippen LogP contribution in [0.4, 0.5) is 23.4 Å². The van der Waals surface area contributed by atoms with E-state index in [1.165, 1.54) is 45.2 Å². The van der Waals surface area contributed by atoms with Crippen molar-refractivity contribution in [3.8, 4) is 16.9 Å². The van der Waals surface area contributed by atoms with Gasteiger partial charge in [-0.1, -0.05) is 24.2 Å². The second-order valence-electron chi connectivity index (χ2n) is 11.3. The normalized spacial score (nSPS) is 15.8. The second kappa shape index (κ2) is 12.3. The number of aromatic nitrogens is 4. The van der Waals surface area contributed by atoms with Gasteiger partial charge in [0.1, 0.15) is 11.6 Å². The summed E-state index contributed by atoms with van der Waals surface area (Å²) in [5.41, 5.74) is -4.23. The zero-order chi connectivity index (χ0) is 34.6. The number of amides is 1. The van der Waals surface area contributed by atoms with Crippen molar-refractivity contribution in [3.05, 3.63) is 81.6 Å². The molecule has 4 heterocycles. The SMILES string of the molecule is C=CC(=O)N1CCN(c2nc(=O)n(-c3c(C)ccnc3S(=O)(=O)C(C)C)c3nc(-c4c(F)cccc4C(F)(F)F)c(Cl)cc23)[C@@H](C)C1. The number of hydrogen-bond donors (Lipinski definition) is 0. The van der Waals surface area contributed by atoms with Crippen molar-refractivity contribution in [2.45, 2.75) is 50.2 Å². The fraction of sp³-hybridized carbons (Fsp3) is 0.323. The van der Waals surface area contributed by atoms with E-state index in [2.05, 4.69) is 21.5 Å². The highest BCUT2D eigenvalue weighted by molar-refractivity contribution is 7.92. The summed E-state index contributed by atoms with van der Waals surface area (Å²) in [6.07, 6.45) is -2.57. The summed E-state index contributed by atoms with van der Waals surface area (Å²) in [6.45, 7) is 10.3. The third-order valence-corrected chi connectivity index (χ3v) is 10.3. The minimum absolute atomic E-state index is 0.0415. The minimum atomic E-state index is -5.00. The first-order chi connectivity index (χ1) is 22.0. The molecule has 4 aromatic rings. The number of halogens is 5. The van der Waals surface area contributed by atoms with Crippen LogP contribution in [0.1, 0.15) is 31.9 Å². The lowest BCUT2D eigenvalue weighted by Gasteiger charge is -2.40. The molecule has 1 aliphatic heterocycles. The fourth-order valence-corrected chi connectivity index (χ4v) is 6.95. The number of piperazine rings is 1. The first-order valence-corrected chi connectivity index (χ1v) is 16.3. The molecular weight excluding hydrogens is 664 g/mol.